The van der Waals surface area contributed by atoms with E-state index in [4.69, 9.17) is 14.2 Å². The summed E-state index contributed by atoms with van der Waals surface area (Å²) in [6.45, 7) is 5.09. The number of unbranched alkanes of at least 4 members (excludes halogenated alkanes) is 3. The van der Waals surface area contributed by atoms with Crippen molar-refractivity contribution in [1.82, 2.24) is 5.32 Å². The van der Waals surface area contributed by atoms with Crippen LogP contribution in [0.5, 0.6) is 17.2 Å². The van der Waals surface area contributed by atoms with E-state index in [1.54, 1.807) is 42.5 Å². The molecule has 0 spiro atoms. The number of ether oxygens (including phenoxy) is 3. The lowest BCUT2D eigenvalue weighted by atomic mass is 10.1. The van der Waals surface area contributed by atoms with Gasteiger partial charge in [-0.1, -0.05) is 32.3 Å². The lowest BCUT2D eigenvalue weighted by Gasteiger charge is -2.26. The second-order valence-electron chi connectivity index (χ2n) is 7.70. The zero-order valence-electron chi connectivity index (χ0n) is 19.8. The third-order valence-corrected chi connectivity index (χ3v) is 5.26. The SMILES string of the molecule is CCCCCCOc1ccc(/C=C2\C(=O)NC(=O)N(c3ccc(OCC)cc3)C2=O)cc1OC. The monoisotopic (exact) mass is 466 g/mol. The standard InChI is InChI=1S/C26H30N2O6/c1-4-6-7-8-15-34-22-14-9-18(17-23(22)32-3)16-21-24(29)27-26(31)28(25(21)30)19-10-12-20(13-11-19)33-5-2/h9-14,16-17H,4-8,15H2,1-3H3,(H,27,29,31)/b21-16+. The maximum Gasteiger partial charge on any atom is 0.335 e. The van der Waals surface area contributed by atoms with E-state index in [0.29, 0.717) is 41.7 Å². The average Bonchev–Trinajstić information content (AvgIpc) is 2.83. The average molecular weight is 467 g/mol. The molecule has 0 aromatic heterocycles. The van der Waals surface area contributed by atoms with Crippen LogP contribution in [0, 0.1) is 0 Å². The summed E-state index contributed by atoms with van der Waals surface area (Å²) >= 11 is 0. The summed E-state index contributed by atoms with van der Waals surface area (Å²) in [4.78, 5) is 38.9. The Balaban J connectivity index is 1.81. The lowest BCUT2D eigenvalue weighted by Crippen LogP contribution is -2.54. The van der Waals surface area contributed by atoms with E-state index in [9.17, 15) is 14.4 Å². The number of carbonyl (C=O) groups excluding carboxylic acids is 3. The third kappa shape index (κ3) is 5.95. The highest BCUT2D eigenvalue weighted by molar-refractivity contribution is 6.39. The van der Waals surface area contributed by atoms with E-state index in [1.165, 1.54) is 19.6 Å². The molecule has 0 saturated carbocycles. The Bertz CT molecular complexity index is 1060. The van der Waals surface area contributed by atoms with Crippen molar-refractivity contribution in [1.29, 1.82) is 0 Å². The van der Waals surface area contributed by atoms with Crippen molar-refractivity contribution in [3.05, 3.63) is 53.6 Å². The number of carbonyl (C=O) groups is 3. The first-order valence-electron chi connectivity index (χ1n) is 11.4. The Morgan fingerprint density at radius 3 is 2.35 bits per heavy atom. The van der Waals surface area contributed by atoms with Gasteiger partial charge in [-0.15, -0.1) is 0 Å². The van der Waals surface area contributed by atoms with Gasteiger partial charge in [0.25, 0.3) is 11.8 Å². The summed E-state index contributed by atoms with van der Waals surface area (Å²) in [5.41, 5.74) is 0.729. The van der Waals surface area contributed by atoms with Gasteiger partial charge in [0.15, 0.2) is 11.5 Å². The second-order valence-corrected chi connectivity index (χ2v) is 7.70. The Hall–Kier alpha value is -3.81. The van der Waals surface area contributed by atoms with Crippen molar-refractivity contribution >= 4 is 29.6 Å². The Kier molecular flexibility index (Phi) is 8.67. The van der Waals surface area contributed by atoms with Crippen LogP contribution in [0.4, 0.5) is 10.5 Å². The highest BCUT2D eigenvalue weighted by atomic mass is 16.5. The molecule has 1 fully saturated rings. The number of benzene rings is 2. The third-order valence-electron chi connectivity index (χ3n) is 5.26. The van der Waals surface area contributed by atoms with E-state index in [1.807, 2.05) is 6.92 Å². The fraction of sp³-hybridized carbons (Fsp3) is 0.346. The van der Waals surface area contributed by atoms with Crippen LogP contribution in [-0.4, -0.2) is 38.2 Å². The van der Waals surface area contributed by atoms with Crippen molar-refractivity contribution in [2.24, 2.45) is 0 Å². The van der Waals surface area contributed by atoms with E-state index in [-0.39, 0.29) is 5.57 Å². The number of urea groups is 1. The molecule has 34 heavy (non-hydrogen) atoms. The topological polar surface area (TPSA) is 94.2 Å². The van der Waals surface area contributed by atoms with Gasteiger partial charge in [0.05, 0.1) is 26.0 Å². The quantitative estimate of drug-likeness (QED) is 0.293. The number of anilines is 1. The number of barbiturate groups is 1. The molecule has 4 amide bonds. The van der Waals surface area contributed by atoms with Gasteiger partial charge in [0, 0.05) is 0 Å². The molecule has 0 unspecified atom stereocenters. The number of hydrogen-bond donors (Lipinski definition) is 1. The van der Waals surface area contributed by atoms with E-state index in [0.717, 1.165) is 24.2 Å². The maximum atomic E-state index is 13.1. The van der Waals surface area contributed by atoms with Crippen molar-refractivity contribution in [3.63, 3.8) is 0 Å². The van der Waals surface area contributed by atoms with Gasteiger partial charge in [-0.25, -0.2) is 9.69 Å². The zero-order valence-corrected chi connectivity index (χ0v) is 19.8. The predicted molar refractivity (Wildman–Crippen MR) is 129 cm³/mol. The highest BCUT2D eigenvalue weighted by Gasteiger charge is 2.36. The second kappa shape index (κ2) is 11.9. The number of imide groups is 2. The lowest BCUT2D eigenvalue weighted by molar-refractivity contribution is -0.122. The van der Waals surface area contributed by atoms with E-state index >= 15 is 0 Å². The van der Waals surface area contributed by atoms with Crippen LogP contribution in [0.3, 0.4) is 0 Å². The number of nitrogens with zero attached hydrogens (tertiary/aromatic N) is 1. The normalized spacial score (nSPS) is 14.9. The largest absolute Gasteiger partial charge is 0.494 e. The van der Waals surface area contributed by atoms with Gasteiger partial charge in [-0.3, -0.25) is 14.9 Å². The fourth-order valence-corrected chi connectivity index (χ4v) is 3.52. The van der Waals surface area contributed by atoms with Gasteiger partial charge >= 0.3 is 6.03 Å². The fourth-order valence-electron chi connectivity index (χ4n) is 3.52. The number of rotatable bonds is 11. The summed E-state index contributed by atoms with van der Waals surface area (Å²) in [5.74, 6) is 0.225. The van der Waals surface area contributed by atoms with Gasteiger partial charge in [-0.2, -0.15) is 0 Å². The van der Waals surface area contributed by atoms with Crippen LogP contribution in [-0.2, 0) is 9.59 Å². The summed E-state index contributed by atoms with van der Waals surface area (Å²) in [6.07, 6.45) is 5.80. The van der Waals surface area contributed by atoms with Crippen LogP contribution < -0.4 is 24.4 Å². The molecule has 180 valence electrons. The molecule has 0 aliphatic carbocycles. The van der Waals surface area contributed by atoms with Crippen molar-refractivity contribution in [2.75, 3.05) is 25.2 Å². The van der Waals surface area contributed by atoms with Gasteiger partial charge in [0.2, 0.25) is 0 Å². The highest BCUT2D eigenvalue weighted by Crippen LogP contribution is 2.30. The van der Waals surface area contributed by atoms with Crippen LogP contribution >= 0.6 is 0 Å². The van der Waals surface area contributed by atoms with Crippen LogP contribution in [0.25, 0.3) is 6.08 Å². The molecule has 1 N–H and O–H groups in total. The molecule has 3 rings (SSSR count). The number of nitrogens with one attached hydrogen (secondary N) is 1. The molecule has 1 aliphatic heterocycles. The molecule has 1 aliphatic rings. The summed E-state index contributed by atoms with van der Waals surface area (Å²) < 4.78 is 16.7. The molecule has 1 heterocycles. The van der Waals surface area contributed by atoms with E-state index < -0.39 is 17.8 Å². The number of hydrogen-bond acceptors (Lipinski definition) is 6. The number of amides is 4. The Morgan fingerprint density at radius 1 is 0.912 bits per heavy atom. The van der Waals surface area contributed by atoms with Crippen molar-refractivity contribution < 1.29 is 28.6 Å². The Labute approximate surface area is 199 Å². The molecule has 2 aromatic carbocycles. The first kappa shape index (κ1) is 24.8. The number of methoxy groups -OCH3 is 1. The van der Waals surface area contributed by atoms with Crippen LogP contribution in [0.2, 0.25) is 0 Å². The molecule has 8 heteroatoms. The first-order chi connectivity index (χ1) is 16.5. The molecular weight excluding hydrogens is 436 g/mol. The minimum atomic E-state index is -0.805. The molecule has 0 atom stereocenters. The van der Waals surface area contributed by atoms with Crippen molar-refractivity contribution in [2.45, 2.75) is 39.5 Å². The van der Waals surface area contributed by atoms with Gasteiger partial charge in [-0.05, 0) is 61.4 Å². The van der Waals surface area contributed by atoms with E-state index in [2.05, 4.69) is 12.2 Å². The van der Waals surface area contributed by atoms with Gasteiger partial charge < -0.3 is 14.2 Å². The van der Waals surface area contributed by atoms with Gasteiger partial charge in [0.1, 0.15) is 11.3 Å². The minimum absolute atomic E-state index is 0.163. The van der Waals surface area contributed by atoms with Crippen molar-refractivity contribution in [3.8, 4) is 17.2 Å². The minimum Gasteiger partial charge on any atom is -0.494 e. The summed E-state index contributed by atoms with van der Waals surface area (Å²) in [6, 6.07) is 10.8. The molecule has 0 radical (unpaired) electrons. The molecule has 8 nitrogen and oxygen atoms in total. The smallest absolute Gasteiger partial charge is 0.335 e. The molecule has 0 bridgehead atoms. The predicted octanol–water partition coefficient (Wildman–Crippen LogP) is 4.72. The van der Waals surface area contributed by atoms with Crippen LogP contribution in [0.1, 0.15) is 45.1 Å². The summed E-state index contributed by atoms with van der Waals surface area (Å²) in [5, 5.41) is 2.22. The summed E-state index contributed by atoms with van der Waals surface area (Å²) in [7, 11) is 1.53. The zero-order chi connectivity index (χ0) is 24.5. The van der Waals surface area contributed by atoms with Crippen LogP contribution in [0.15, 0.2) is 48.0 Å². The molecular formula is C26H30N2O6. The molecule has 2 aromatic rings. The molecule has 1 saturated heterocycles. The first-order valence-corrected chi connectivity index (χ1v) is 11.4. The Morgan fingerprint density at radius 2 is 1.68 bits per heavy atom. The maximum absolute atomic E-state index is 13.1.